The monoisotopic (exact) mass is 335 g/mol. The molecule has 1 heterocycles. The molecule has 1 unspecified atom stereocenters. The molecule has 1 atom stereocenters. The van der Waals surface area contributed by atoms with Gasteiger partial charge in [-0.25, -0.2) is 4.79 Å². The summed E-state index contributed by atoms with van der Waals surface area (Å²) < 4.78 is 0. The lowest BCUT2D eigenvalue weighted by Gasteiger charge is -2.14. The number of aromatic nitrogens is 1. The number of carbonyl (C=O) groups excluding carboxylic acids is 1. The van der Waals surface area contributed by atoms with Crippen LogP contribution in [0.1, 0.15) is 17.2 Å². The first-order valence-electron chi connectivity index (χ1n) is 8.30. The molecule has 0 saturated carbocycles. The van der Waals surface area contributed by atoms with E-state index in [0.29, 0.717) is 13.0 Å². The van der Waals surface area contributed by atoms with E-state index in [-0.39, 0.29) is 12.6 Å². The highest BCUT2D eigenvalue weighted by Crippen LogP contribution is 2.19. The minimum atomic E-state index is -0.742. The van der Waals surface area contributed by atoms with Crippen LogP contribution in [0.3, 0.4) is 0 Å². The maximum atomic E-state index is 11.8. The summed E-state index contributed by atoms with van der Waals surface area (Å²) >= 11 is 0. The Labute approximate surface area is 146 Å². The van der Waals surface area contributed by atoms with Crippen LogP contribution in [-0.2, 0) is 6.42 Å². The van der Waals surface area contributed by atoms with Crippen LogP contribution < -0.4 is 10.6 Å². The third-order valence-corrected chi connectivity index (χ3v) is 4.04. The molecule has 0 saturated heterocycles. The Morgan fingerprint density at radius 1 is 1.04 bits per heavy atom. The largest absolute Gasteiger partial charge is 0.387 e. The van der Waals surface area contributed by atoms with Gasteiger partial charge in [0.05, 0.1) is 6.10 Å². The van der Waals surface area contributed by atoms with E-state index in [1.807, 2.05) is 54.6 Å². The van der Waals surface area contributed by atoms with Crippen LogP contribution in [0.5, 0.6) is 0 Å². The van der Waals surface area contributed by atoms with Crippen LogP contribution in [0.2, 0.25) is 0 Å². The number of pyridine rings is 1. The van der Waals surface area contributed by atoms with Gasteiger partial charge in [0.2, 0.25) is 0 Å². The molecule has 128 valence electrons. The van der Waals surface area contributed by atoms with Crippen molar-refractivity contribution >= 4 is 16.8 Å². The molecule has 0 spiro atoms. The number of amides is 2. The van der Waals surface area contributed by atoms with E-state index in [1.54, 1.807) is 12.4 Å². The molecule has 0 aliphatic heterocycles. The highest BCUT2D eigenvalue weighted by Gasteiger charge is 2.10. The van der Waals surface area contributed by atoms with Gasteiger partial charge >= 0.3 is 6.03 Å². The van der Waals surface area contributed by atoms with Crippen molar-refractivity contribution in [2.75, 3.05) is 13.1 Å². The lowest BCUT2D eigenvalue weighted by molar-refractivity contribution is 0.173. The van der Waals surface area contributed by atoms with Crippen LogP contribution in [0.15, 0.2) is 67.0 Å². The van der Waals surface area contributed by atoms with Crippen LogP contribution >= 0.6 is 0 Å². The fourth-order valence-corrected chi connectivity index (χ4v) is 2.65. The fraction of sp³-hybridized carbons (Fsp3) is 0.200. The lowest BCUT2D eigenvalue weighted by atomic mass is 10.0. The number of hydrogen-bond acceptors (Lipinski definition) is 3. The summed E-state index contributed by atoms with van der Waals surface area (Å²) in [5, 5.41) is 18.0. The van der Waals surface area contributed by atoms with Crippen LogP contribution in [-0.4, -0.2) is 29.2 Å². The summed E-state index contributed by atoms with van der Waals surface area (Å²) in [5.41, 5.74) is 1.85. The van der Waals surface area contributed by atoms with E-state index in [0.717, 1.165) is 21.9 Å². The molecule has 0 aliphatic rings. The molecular formula is C20H21N3O2. The third-order valence-electron chi connectivity index (χ3n) is 4.04. The van der Waals surface area contributed by atoms with Gasteiger partial charge in [-0.15, -0.1) is 0 Å². The summed E-state index contributed by atoms with van der Waals surface area (Å²) in [5.74, 6) is 0. The van der Waals surface area contributed by atoms with Crippen molar-refractivity contribution in [3.05, 3.63) is 78.1 Å². The van der Waals surface area contributed by atoms with Crippen molar-refractivity contribution in [3.8, 4) is 0 Å². The van der Waals surface area contributed by atoms with Gasteiger partial charge in [-0.1, -0.05) is 42.5 Å². The SMILES string of the molecule is O=C(NCCc1cccnc1)NCC(O)c1ccc2ccccc2c1. The zero-order chi connectivity index (χ0) is 17.5. The minimum Gasteiger partial charge on any atom is -0.387 e. The Morgan fingerprint density at radius 2 is 1.88 bits per heavy atom. The van der Waals surface area contributed by atoms with Gasteiger partial charge in [-0.2, -0.15) is 0 Å². The molecule has 25 heavy (non-hydrogen) atoms. The second-order valence-electron chi connectivity index (χ2n) is 5.87. The van der Waals surface area contributed by atoms with Gasteiger partial charge in [0.1, 0.15) is 0 Å². The summed E-state index contributed by atoms with van der Waals surface area (Å²) in [6, 6.07) is 17.3. The number of fused-ring (bicyclic) bond motifs is 1. The van der Waals surface area contributed by atoms with Crippen LogP contribution in [0, 0.1) is 0 Å². The number of hydrogen-bond donors (Lipinski definition) is 3. The van der Waals surface area contributed by atoms with Gasteiger partial charge in [0.25, 0.3) is 0 Å². The van der Waals surface area contributed by atoms with Crippen molar-refractivity contribution in [2.45, 2.75) is 12.5 Å². The highest BCUT2D eigenvalue weighted by molar-refractivity contribution is 5.83. The topological polar surface area (TPSA) is 74.2 Å². The first-order valence-corrected chi connectivity index (χ1v) is 8.30. The minimum absolute atomic E-state index is 0.164. The van der Waals surface area contributed by atoms with Gasteiger partial charge in [-0.3, -0.25) is 4.98 Å². The van der Waals surface area contributed by atoms with Crippen LogP contribution in [0.25, 0.3) is 10.8 Å². The second kappa shape index (κ2) is 8.26. The number of nitrogens with zero attached hydrogens (tertiary/aromatic N) is 1. The third kappa shape index (κ3) is 4.78. The van der Waals surface area contributed by atoms with Crippen LogP contribution in [0.4, 0.5) is 4.79 Å². The molecular weight excluding hydrogens is 314 g/mol. The van der Waals surface area contributed by atoms with Crippen molar-refractivity contribution in [1.82, 2.24) is 15.6 Å². The van der Waals surface area contributed by atoms with Gasteiger partial charge in [0, 0.05) is 25.5 Å². The van der Waals surface area contributed by atoms with E-state index >= 15 is 0 Å². The molecule has 0 bridgehead atoms. The smallest absolute Gasteiger partial charge is 0.314 e. The zero-order valence-electron chi connectivity index (χ0n) is 13.9. The number of carbonyl (C=O) groups is 1. The quantitative estimate of drug-likeness (QED) is 0.648. The number of urea groups is 1. The summed E-state index contributed by atoms with van der Waals surface area (Å²) in [6.45, 7) is 0.681. The summed E-state index contributed by atoms with van der Waals surface area (Å²) in [7, 11) is 0. The number of aliphatic hydroxyl groups is 1. The second-order valence-corrected chi connectivity index (χ2v) is 5.87. The normalized spacial score (nSPS) is 11.9. The van der Waals surface area contributed by atoms with E-state index in [9.17, 15) is 9.90 Å². The number of nitrogens with one attached hydrogen (secondary N) is 2. The maximum absolute atomic E-state index is 11.8. The van der Waals surface area contributed by atoms with E-state index in [1.165, 1.54) is 0 Å². The predicted octanol–water partition coefficient (Wildman–Crippen LogP) is 2.81. The Balaban J connectivity index is 1.46. The van der Waals surface area contributed by atoms with Crippen molar-refractivity contribution < 1.29 is 9.90 Å². The number of rotatable bonds is 6. The number of aliphatic hydroxyl groups excluding tert-OH is 1. The van der Waals surface area contributed by atoms with Crippen molar-refractivity contribution in [2.24, 2.45) is 0 Å². The molecule has 5 heteroatoms. The molecule has 0 fully saturated rings. The predicted molar refractivity (Wildman–Crippen MR) is 98.3 cm³/mol. The highest BCUT2D eigenvalue weighted by atomic mass is 16.3. The Hall–Kier alpha value is -2.92. The van der Waals surface area contributed by atoms with Crippen molar-refractivity contribution in [1.29, 1.82) is 0 Å². The van der Waals surface area contributed by atoms with E-state index in [2.05, 4.69) is 15.6 Å². The average molecular weight is 335 g/mol. The summed E-state index contributed by atoms with van der Waals surface area (Å²) in [6.07, 6.45) is 3.48. The number of benzene rings is 2. The summed E-state index contributed by atoms with van der Waals surface area (Å²) in [4.78, 5) is 15.9. The molecule has 1 aromatic heterocycles. The van der Waals surface area contributed by atoms with Gasteiger partial charge in [0.15, 0.2) is 0 Å². The Bertz CT molecular complexity index is 836. The van der Waals surface area contributed by atoms with Gasteiger partial charge in [-0.05, 0) is 40.5 Å². The molecule has 5 nitrogen and oxygen atoms in total. The van der Waals surface area contributed by atoms with E-state index in [4.69, 9.17) is 0 Å². The molecule has 3 aromatic rings. The van der Waals surface area contributed by atoms with Crippen molar-refractivity contribution in [3.63, 3.8) is 0 Å². The first kappa shape index (κ1) is 16.9. The Morgan fingerprint density at radius 3 is 2.68 bits per heavy atom. The molecule has 2 amide bonds. The molecule has 0 aliphatic carbocycles. The zero-order valence-corrected chi connectivity index (χ0v) is 13.9. The Kier molecular flexibility index (Phi) is 5.59. The van der Waals surface area contributed by atoms with E-state index < -0.39 is 6.10 Å². The molecule has 3 N–H and O–H groups in total. The van der Waals surface area contributed by atoms with Gasteiger partial charge < -0.3 is 15.7 Å². The molecule has 3 rings (SSSR count). The first-order chi connectivity index (χ1) is 12.2. The lowest BCUT2D eigenvalue weighted by Crippen LogP contribution is -2.38. The fourth-order valence-electron chi connectivity index (χ4n) is 2.65. The molecule has 2 aromatic carbocycles. The standard InChI is InChI=1S/C20H21N3O2/c24-19(18-8-7-16-5-1-2-6-17(16)12-18)14-23-20(25)22-11-9-15-4-3-10-21-13-15/h1-8,10,12-13,19,24H,9,11,14H2,(H2,22,23,25). The maximum Gasteiger partial charge on any atom is 0.314 e. The average Bonchev–Trinajstić information content (AvgIpc) is 2.66. The molecule has 0 radical (unpaired) electrons.